The van der Waals surface area contributed by atoms with Crippen molar-refractivity contribution >= 4 is 28.9 Å². The largest absolute Gasteiger partial charge is 0.383 e. The molecule has 158 valence electrons. The standard InChI is InChI=1S/C25H24N2O4/c1-15-14-19-20-21(25(30)26(24(20)29)12-13-31-2)22(23(28)16-8-4-3-5-9-16)27(19)18-11-7-6-10-17(15)18/h3-11,14,19-22H,12-13H2,1-2H3/t19-,20+,21-,22-/m1/s1. The molecule has 0 radical (unpaired) electrons. The van der Waals surface area contributed by atoms with Gasteiger partial charge in [-0.3, -0.25) is 19.3 Å². The molecule has 5 rings (SSSR count). The fourth-order valence-electron chi connectivity index (χ4n) is 5.34. The summed E-state index contributed by atoms with van der Waals surface area (Å²) in [5.41, 5.74) is 3.53. The Morgan fingerprint density at radius 3 is 2.39 bits per heavy atom. The molecule has 3 aliphatic heterocycles. The molecule has 4 atom stereocenters. The Labute approximate surface area is 181 Å². The predicted molar refractivity (Wildman–Crippen MR) is 116 cm³/mol. The van der Waals surface area contributed by atoms with Gasteiger partial charge in [-0.05, 0) is 18.6 Å². The molecule has 0 bridgehead atoms. The average Bonchev–Trinajstić information content (AvgIpc) is 3.25. The first-order valence-corrected chi connectivity index (χ1v) is 10.5. The number of imide groups is 1. The van der Waals surface area contributed by atoms with Gasteiger partial charge in [-0.1, -0.05) is 54.6 Å². The van der Waals surface area contributed by atoms with Crippen LogP contribution < -0.4 is 4.90 Å². The number of ether oxygens (including phenoxy) is 1. The normalized spacial score (nSPS) is 26.5. The predicted octanol–water partition coefficient (Wildman–Crippen LogP) is 2.79. The highest BCUT2D eigenvalue weighted by molar-refractivity contribution is 6.14. The molecule has 6 nitrogen and oxygen atoms in total. The molecule has 6 heteroatoms. The van der Waals surface area contributed by atoms with Crippen molar-refractivity contribution in [2.24, 2.45) is 11.8 Å². The van der Waals surface area contributed by atoms with Crippen molar-refractivity contribution in [3.05, 3.63) is 71.8 Å². The highest BCUT2D eigenvalue weighted by atomic mass is 16.5. The van der Waals surface area contributed by atoms with E-state index in [2.05, 4.69) is 0 Å². The van der Waals surface area contributed by atoms with Crippen LogP contribution in [0.2, 0.25) is 0 Å². The summed E-state index contributed by atoms with van der Waals surface area (Å²) in [6.07, 6.45) is 2.04. The Kier molecular flexibility index (Phi) is 4.74. The second-order valence-corrected chi connectivity index (χ2v) is 8.31. The van der Waals surface area contributed by atoms with Crippen molar-refractivity contribution in [1.29, 1.82) is 0 Å². The highest BCUT2D eigenvalue weighted by Gasteiger charge is 2.64. The number of hydrogen-bond donors (Lipinski definition) is 0. The molecule has 2 fully saturated rings. The Morgan fingerprint density at radius 1 is 0.968 bits per heavy atom. The molecular formula is C25H24N2O4. The number of amides is 2. The molecule has 0 aliphatic carbocycles. The van der Waals surface area contributed by atoms with E-state index in [1.807, 2.05) is 60.4 Å². The Hall–Kier alpha value is -3.25. The Morgan fingerprint density at radius 2 is 1.65 bits per heavy atom. The average molecular weight is 416 g/mol. The van der Waals surface area contributed by atoms with Crippen LogP contribution in [-0.2, 0) is 14.3 Å². The van der Waals surface area contributed by atoms with Gasteiger partial charge in [-0.25, -0.2) is 0 Å². The number of para-hydroxylation sites is 1. The molecule has 0 saturated carbocycles. The number of likely N-dealkylation sites (tertiary alicyclic amines) is 1. The van der Waals surface area contributed by atoms with Crippen molar-refractivity contribution in [1.82, 2.24) is 4.90 Å². The lowest BCUT2D eigenvalue weighted by molar-refractivity contribution is -0.141. The monoisotopic (exact) mass is 416 g/mol. The maximum atomic E-state index is 13.7. The number of Topliss-reactive ketones (excluding diaryl/α,β-unsaturated/α-hetero) is 1. The van der Waals surface area contributed by atoms with Gasteiger partial charge in [0, 0.05) is 23.9 Å². The maximum absolute atomic E-state index is 13.7. The first kappa shape index (κ1) is 19.7. The van der Waals surface area contributed by atoms with Gasteiger partial charge in [0.2, 0.25) is 11.8 Å². The maximum Gasteiger partial charge on any atom is 0.235 e. The van der Waals surface area contributed by atoms with Crippen LogP contribution in [0.15, 0.2) is 60.7 Å². The molecule has 2 aromatic rings. The van der Waals surface area contributed by atoms with Crippen molar-refractivity contribution in [3.63, 3.8) is 0 Å². The molecule has 2 amide bonds. The van der Waals surface area contributed by atoms with E-state index in [0.29, 0.717) is 5.56 Å². The lowest BCUT2D eigenvalue weighted by atomic mass is 9.85. The lowest BCUT2D eigenvalue weighted by Gasteiger charge is -2.38. The number of rotatable bonds is 5. The van der Waals surface area contributed by atoms with E-state index in [9.17, 15) is 14.4 Å². The summed E-state index contributed by atoms with van der Waals surface area (Å²) in [4.78, 5) is 43.8. The number of carbonyl (C=O) groups is 3. The molecule has 0 aromatic heterocycles. The van der Waals surface area contributed by atoms with Crippen LogP contribution in [0.3, 0.4) is 0 Å². The fraction of sp³-hybridized carbons (Fsp3) is 0.320. The van der Waals surface area contributed by atoms with Crippen LogP contribution in [0.5, 0.6) is 0 Å². The second kappa shape index (κ2) is 7.46. The quantitative estimate of drug-likeness (QED) is 0.554. The number of anilines is 1. The van der Waals surface area contributed by atoms with Crippen LogP contribution in [0.25, 0.3) is 5.57 Å². The fourth-order valence-corrected chi connectivity index (χ4v) is 5.34. The van der Waals surface area contributed by atoms with E-state index >= 15 is 0 Å². The molecule has 0 unspecified atom stereocenters. The van der Waals surface area contributed by atoms with Crippen LogP contribution in [-0.4, -0.2) is 54.8 Å². The number of hydrogen-bond acceptors (Lipinski definition) is 5. The summed E-state index contributed by atoms with van der Waals surface area (Å²) in [6.45, 7) is 2.50. The van der Waals surface area contributed by atoms with E-state index in [1.54, 1.807) is 19.2 Å². The number of fused-ring (bicyclic) bond motifs is 5. The minimum Gasteiger partial charge on any atom is -0.383 e. The number of methoxy groups -OCH3 is 1. The Balaban J connectivity index is 1.65. The molecule has 2 saturated heterocycles. The van der Waals surface area contributed by atoms with Gasteiger partial charge in [0.05, 0.1) is 31.0 Å². The summed E-state index contributed by atoms with van der Waals surface area (Å²) >= 11 is 0. The van der Waals surface area contributed by atoms with Gasteiger partial charge >= 0.3 is 0 Å². The van der Waals surface area contributed by atoms with Gasteiger partial charge in [0.15, 0.2) is 5.78 Å². The first-order valence-electron chi connectivity index (χ1n) is 10.5. The zero-order valence-corrected chi connectivity index (χ0v) is 17.5. The first-order chi connectivity index (χ1) is 15.0. The summed E-state index contributed by atoms with van der Waals surface area (Å²) in [5, 5.41) is 0. The molecule has 0 N–H and O–H groups in total. The zero-order valence-electron chi connectivity index (χ0n) is 17.5. The number of benzene rings is 2. The second-order valence-electron chi connectivity index (χ2n) is 8.31. The third-order valence-corrected chi connectivity index (χ3v) is 6.69. The van der Waals surface area contributed by atoms with E-state index in [1.165, 1.54) is 4.90 Å². The van der Waals surface area contributed by atoms with E-state index in [0.717, 1.165) is 16.8 Å². The molecule has 3 heterocycles. The SMILES string of the molecule is COCCN1C(=O)[C@@H]2[C@@H](C1=O)[C@H](C(=O)c1ccccc1)N1c3ccccc3C(C)=C[C@H]21. The lowest BCUT2D eigenvalue weighted by Crippen LogP contribution is -2.49. The van der Waals surface area contributed by atoms with Crippen LogP contribution >= 0.6 is 0 Å². The molecule has 31 heavy (non-hydrogen) atoms. The smallest absolute Gasteiger partial charge is 0.235 e. The van der Waals surface area contributed by atoms with Gasteiger partial charge in [-0.2, -0.15) is 0 Å². The number of nitrogens with zero attached hydrogens (tertiary/aromatic N) is 2. The van der Waals surface area contributed by atoms with Gasteiger partial charge in [-0.15, -0.1) is 0 Å². The third-order valence-electron chi connectivity index (χ3n) is 6.69. The van der Waals surface area contributed by atoms with Gasteiger partial charge < -0.3 is 9.64 Å². The van der Waals surface area contributed by atoms with Crippen molar-refractivity contribution in [2.45, 2.75) is 19.0 Å². The molecule has 2 aromatic carbocycles. The summed E-state index contributed by atoms with van der Waals surface area (Å²) in [5.74, 6) is -1.91. The highest BCUT2D eigenvalue weighted by Crippen LogP contribution is 2.50. The molecule has 0 spiro atoms. The topological polar surface area (TPSA) is 66.9 Å². The van der Waals surface area contributed by atoms with Crippen molar-refractivity contribution in [3.8, 4) is 0 Å². The number of allylic oxidation sites excluding steroid dienone is 1. The zero-order chi connectivity index (χ0) is 21.7. The third kappa shape index (κ3) is 2.86. The van der Waals surface area contributed by atoms with Crippen LogP contribution in [0.4, 0.5) is 5.69 Å². The van der Waals surface area contributed by atoms with Gasteiger partial charge in [0.25, 0.3) is 0 Å². The van der Waals surface area contributed by atoms with Crippen LogP contribution in [0, 0.1) is 11.8 Å². The number of carbonyl (C=O) groups excluding carboxylic acids is 3. The van der Waals surface area contributed by atoms with Crippen molar-refractivity contribution < 1.29 is 19.1 Å². The summed E-state index contributed by atoms with van der Waals surface area (Å²) < 4.78 is 5.10. The van der Waals surface area contributed by atoms with E-state index < -0.39 is 17.9 Å². The summed E-state index contributed by atoms with van der Waals surface area (Å²) in [6, 6.07) is 15.9. The molecular weight excluding hydrogens is 392 g/mol. The number of ketones is 1. The minimum absolute atomic E-state index is 0.129. The van der Waals surface area contributed by atoms with Crippen LogP contribution in [0.1, 0.15) is 22.8 Å². The van der Waals surface area contributed by atoms with Gasteiger partial charge in [0.1, 0.15) is 6.04 Å². The van der Waals surface area contributed by atoms with E-state index in [-0.39, 0.29) is 36.8 Å². The van der Waals surface area contributed by atoms with Crippen molar-refractivity contribution in [2.75, 3.05) is 25.2 Å². The Bertz CT molecular complexity index is 1090. The van der Waals surface area contributed by atoms with E-state index in [4.69, 9.17) is 4.74 Å². The molecule has 3 aliphatic rings. The summed E-state index contributed by atoms with van der Waals surface area (Å²) in [7, 11) is 1.54. The minimum atomic E-state index is -0.730.